The van der Waals surface area contributed by atoms with E-state index in [4.69, 9.17) is 19.4 Å². The Balaban J connectivity index is 1.22. The fourth-order valence-corrected chi connectivity index (χ4v) is 7.74. The molecule has 238 valence electrons. The fourth-order valence-electron chi connectivity index (χ4n) is 7.74. The summed E-state index contributed by atoms with van der Waals surface area (Å²) in [6, 6.07) is 56.7. The van der Waals surface area contributed by atoms with Crippen molar-refractivity contribution in [3.05, 3.63) is 164 Å². The Bertz CT molecular complexity index is 3100. The zero-order chi connectivity index (χ0) is 33.5. The van der Waals surface area contributed by atoms with Crippen LogP contribution in [0.5, 0.6) is 0 Å². The highest BCUT2D eigenvalue weighted by Gasteiger charge is 2.21. The Hall–Kier alpha value is -7.05. The van der Waals surface area contributed by atoms with Gasteiger partial charge in [0.25, 0.3) is 0 Å². The molecule has 0 aliphatic rings. The Morgan fingerprint density at radius 2 is 0.902 bits per heavy atom. The Morgan fingerprint density at radius 1 is 0.373 bits per heavy atom. The molecule has 7 aromatic carbocycles. The summed E-state index contributed by atoms with van der Waals surface area (Å²) >= 11 is 0. The average molecular weight is 654 g/mol. The van der Waals surface area contributed by atoms with Crippen LogP contribution in [0.15, 0.2) is 168 Å². The summed E-state index contributed by atoms with van der Waals surface area (Å²) in [5.41, 5.74) is 8.86. The molecule has 0 N–H and O–H groups in total. The molecular weight excluding hydrogens is 627 g/mol. The van der Waals surface area contributed by atoms with Crippen LogP contribution in [0.4, 0.5) is 0 Å². The van der Waals surface area contributed by atoms with Crippen molar-refractivity contribution in [1.29, 1.82) is 0 Å². The molecule has 0 unspecified atom stereocenters. The van der Waals surface area contributed by atoms with Crippen LogP contribution in [-0.2, 0) is 0 Å². The highest BCUT2D eigenvalue weighted by Crippen LogP contribution is 2.39. The number of furan rings is 1. The van der Waals surface area contributed by atoms with Crippen molar-refractivity contribution in [2.45, 2.75) is 0 Å². The fraction of sp³-hybridized carbons (Fsp3) is 0. The van der Waals surface area contributed by atoms with E-state index in [1.807, 2.05) is 42.5 Å². The Kier molecular flexibility index (Phi) is 5.86. The zero-order valence-corrected chi connectivity index (χ0v) is 27.2. The highest BCUT2D eigenvalue weighted by molar-refractivity contribution is 6.13. The van der Waals surface area contributed by atoms with E-state index in [1.54, 1.807) is 0 Å². The lowest BCUT2D eigenvalue weighted by molar-refractivity contribution is 0.670. The van der Waals surface area contributed by atoms with Gasteiger partial charge in [-0.05, 0) is 35.9 Å². The molecule has 0 aliphatic carbocycles. The van der Waals surface area contributed by atoms with E-state index in [0.29, 0.717) is 17.7 Å². The van der Waals surface area contributed by atoms with E-state index in [2.05, 4.69) is 130 Å². The second-order valence-corrected chi connectivity index (χ2v) is 12.9. The first-order valence-corrected chi connectivity index (χ1v) is 17.0. The lowest BCUT2D eigenvalue weighted by Gasteiger charge is -2.13. The minimum absolute atomic E-state index is 0.547. The number of hydrogen-bond donors (Lipinski definition) is 0. The summed E-state index contributed by atoms with van der Waals surface area (Å²) < 4.78 is 10.8. The molecule has 0 spiro atoms. The van der Waals surface area contributed by atoms with Crippen LogP contribution in [0.3, 0.4) is 0 Å². The summed E-state index contributed by atoms with van der Waals surface area (Å²) in [5.74, 6) is 1.71. The quantitative estimate of drug-likeness (QED) is 0.190. The Morgan fingerprint density at radius 3 is 1.57 bits per heavy atom. The van der Waals surface area contributed by atoms with Crippen molar-refractivity contribution in [3.63, 3.8) is 0 Å². The van der Waals surface area contributed by atoms with E-state index in [0.717, 1.165) is 82.2 Å². The maximum absolute atomic E-state index is 6.47. The molecule has 51 heavy (non-hydrogen) atoms. The van der Waals surface area contributed by atoms with Gasteiger partial charge in [-0.2, -0.15) is 15.0 Å². The summed E-state index contributed by atoms with van der Waals surface area (Å²) in [7, 11) is 0. The van der Waals surface area contributed by atoms with Crippen LogP contribution >= 0.6 is 0 Å². The highest BCUT2D eigenvalue weighted by atomic mass is 16.3. The zero-order valence-electron chi connectivity index (χ0n) is 27.2. The average Bonchev–Trinajstić information content (AvgIpc) is 3.86. The molecule has 0 fully saturated rings. The molecule has 4 aromatic heterocycles. The van der Waals surface area contributed by atoms with Crippen LogP contribution in [0.2, 0.25) is 0 Å². The normalized spacial score (nSPS) is 11.9. The number of para-hydroxylation sites is 5. The second-order valence-electron chi connectivity index (χ2n) is 12.9. The summed E-state index contributed by atoms with van der Waals surface area (Å²) in [6.45, 7) is 0. The van der Waals surface area contributed by atoms with Crippen molar-refractivity contribution >= 4 is 65.6 Å². The first-order valence-electron chi connectivity index (χ1n) is 17.0. The van der Waals surface area contributed by atoms with Gasteiger partial charge >= 0.3 is 0 Å². The number of fused-ring (bicyclic) bond motifs is 9. The van der Waals surface area contributed by atoms with Crippen molar-refractivity contribution in [2.75, 3.05) is 0 Å². The summed E-state index contributed by atoms with van der Waals surface area (Å²) in [6.07, 6.45) is 0. The molecule has 0 amide bonds. The maximum Gasteiger partial charge on any atom is 0.240 e. The van der Waals surface area contributed by atoms with E-state index in [9.17, 15) is 0 Å². The minimum Gasteiger partial charge on any atom is -0.455 e. The minimum atomic E-state index is 0.547. The van der Waals surface area contributed by atoms with Gasteiger partial charge in [0.15, 0.2) is 5.82 Å². The van der Waals surface area contributed by atoms with Crippen LogP contribution in [0, 0.1) is 0 Å². The standard InChI is InChI=1S/C45H27N5O/c1-2-13-28(14-3-1)43-46-44(49-37-21-8-4-15-31(37)32-16-5-9-22-38(32)49)48-45(47-43)50-39-23-10-6-17-33(39)34-26-25-29(27-40(34)50)30-19-12-20-36-35-18-7-11-24-41(35)51-42(30)36/h1-27H. The van der Waals surface area contributed by atoms with E-state index in [-0.39, 0.29) is 0 Å². The first-order chi connectivity index (χ1) is 25.3. The third kappa shape index (κ3) is 4.14. The van der Waals surface area contributed by atoms with Crippen molar-refractivity contribution in [3.8, 4) is 34.4 Å². The molecule has 11 aromatic rings. The van der Waals surface area contributed by atoms with E-state index in [1.165, 1.54) is 0 Å². The van der Waals surface area contributed by atoms with Crippen LogP contribution in [-0.4, -0.2) is 24.1 Å². The monoisotopic (exact) mass is 653 g/mol. The molecular formula is C45H27N5O. The third-order valence-electron chi connectivity index (χ3n) is 10.0. The van der Waals surface area contributed by atoms with Crippen molar-refractivity contribution in [2.24, 2.45) is 0 Å². The van der Waals surface area contributed by atoms with Crippen molar-refractivity contribution in [1.82, 2.24) is 24.1 Å². The van der Waals surface area contributed by atoms with Gasteiger partial charge in [-0.25, -0.2) is 0 Å². The number of hydrogen-bond acceptors (Lipinski definition) is 4. The first kappa shape index (κ1) is 27.9. The van der Waals surface area contributed by atoms with E-state index < -0.39 is 0 Å². The lowest BCUT2D eigenvalue weighted by atomic mass is 10.0. The number of rotatable bonds is 4. The van der Waals surface area contributed by atoms with Crippen LogP contribution in [0.1, 0.15) is 0 Å². The van der Waals surface area contributed by atoms with E-state index >= 15 is 0 Å². The predicted molar refractivity (Wildman–Crippen MR) is 207 cm³/mol. The van der Waals surface area contributed by atoms with Gasteiger partial charge < -0.3 is 4.42 Å². The molecule has 6 heteroatoms. The van der Waals surface area contributed by atoms with Gasteiger partial charge in [0, 0.05) is 43.4 Å². The van der Waals surface area contributed by atoms with Gasteiger partial charge in [0.1, 0.15) is 11.2 Å². The van der Waals surface area contributed by atoms with Crippen LogP contribution < -0.4 is 0 Å². The molecule has 6 nitrogen and oxygen atoms in total. The Labute approximate surface area is 291 Å². The molecule has 4 heterocycles. The van der Waals surface area contributed by atoms with Gasteiger partial charge in [-0.15, -0.1) is 0 Å². The smallest absolute Gasteiger partial charge is 0.240 e. The molecule has 0 saturated carbocycles. The lowest BCUT2D eigenvalue weighted by Crippen LogP contribution is -2.10. The topological polar surface area (TPSA) is 61.7 Å². The second kappa shape index (κ2) is 10.7. The maximum atomic E-state index is 6.47. The third-order valence-corrected chi connectivity index (χ3v) is 10.0. The SMILES string of the molecule is c1ccc(-c2nc(-n3c4ccccc4c4ccccc43)nc(-n3c4ccccc4c4ccc(-c5cccc6c5oc5ccccc56)cc43)n2)cc1. The molecule has 0 radical (unpaired) electrons. The van der Waals surface area contributed by atoms with Gasteiger partial charge in [0.2, 0.25) is 11.9 Å². The number of benzene rings is 7. The molecule has 0 atom stereocenters. The largest absolute Gasteiger partial charge is 0.455 e. The molecule has 11 rings (SSSR count). The molecule has 0 bridgehead atoms. The summed E-state index contributed by atoms with van der Waals surface area (Å²) in [5, 5.41) is 6.76. The van der Waals surface area contributed by atoms with Crippen molar-refractivity contribution < 1.29 is 4.42 Å². The molecule has 0 saturated heterocycles. The van der Waals surface area contributed by atoms with Crippen LogP contribution in [0.25, 0.3) is 100.0 Å². The number of nitrogens with zero attached hydrogens (tertiary/aromatic N) is 5. The van der Waals surface area contributed by atoms with Gasteiger partial charge in [0.05, 0.1) is 22.1 Å². The predicted octanol–water partition coefficient (Wildman–Crippen LogP) is 11.3. The summed E-state index contributed by atoms with van der Waals surface area (Å²) in [4.78, 5) is 15.7. The number of aromatic nitrogens is 5. The molecule has 0 aliphatic heterocycles. The van der Waals surface area contributed by atoms with Gasteiger partial charge in [-0.1, -0.05) is 133 Å². The van der Waals surface area contributed by atoms with Gasteiger partial charge in [-0.3, -0.25) is 9.13 Å².